The second-order valence-electron chi connectivity index (χ2n) is 2.97. The number of rotatable bonds is 2. The lowest BCUT2D eigenvalue weighted by molar-refractivity contribution is 0.895. The molecule has 1 aromatic heterocycles. The average molecular weight is 180 g/mol. The Labute approximate surface area is 81.4 Å². The monoisotopic (exact) mass is 180 g/mol. The summed E-state index contributed by atoms with van der Waals surface area (Å²) in [5.41, 5.74) is 2.35. The molecule has 0 amide bonds. The summed E-state index contributed by atoms with van der Waals surface area (Å²) in [6.45, 7) is 8.46. The fraction of sp³-hybridized carbons (Fsp3) is 0.636. The normalized spacial score (nSPS) is 8.92. The summed E-state index contributed by atoms with van der Waals surface area (Å²) < 4.78 is 0. The topological polar surface area (TPSA) is 25.8 Å². The third kappa shape index (κ3) is 5.34. The molecule has 0 spiro atoms. The molecule has 0 fully saturated rings. The minimum Gasteiger partial charge on any atom is -0.159 e. The number of hydrogen-bond donors (Lipinski definition) is 0. The Morgan fingerprint density at radius 1 is 1.08 bits per heavy atom. The van der Waals surface area contributed by atoms with Crippen molar-refractivity contribution in [2.24, 2.45) is 0 Å². The van der Waals surface area contributed by atoms with Gasteiger partial charge < -0.3 is 0 Å². The van der Waals surface area contributed by atoms with Crippen molar-refractivity contribution in [3.63, 3.8) is 0 Å². The van der Waals surface area contributed by atoms with Crippen LogP contribution in [-0.2, 0) is 12.8 Å². The number of aromatic nitrogens is 2. The Kier molecular flexibility index (Phi) is 7.17. The van der Waals surface area contributed by atoms with Crippen molar-refractivity contribution in [2.75, 3.05) is 0 Å². The van der Waals surface area contributed by atoms with Crippen molar-refractivity contribution in [3.8, 4) is 0 Å². The summed E-state index contributed by atoms with van der Waals surface area (Å²) in [7, 11) is 0. The fourth-order valence-electron chi connectivity index (χ4n) is 0.823. The first-order valence-corrected chi connectivity index (χ1v) is 5.08. The quantitative estimate of drug-likeness (QED) is 0.699. The van der Waals surface area contributed by atoms with Gasteiger partial charge in [-0.15, -0.1) is 0 Å². The Hall–Kier alpha value is -0.920. The van der Waals surface area contributed by atoms with Crippen LogP contribution >= 0.6 is 0 Å². The molecule has 2 nitrogen and oxygen atoms in total. The van der Waals surface area contributed by atoms with Gasteiger partial charge in [0.05, 0.1) is 11.9 Å². The van der Waals surface area contributed by atoms with Crippen LogP contribution in [-0.4, -0.2) is 10.2 Å². The predicted molar refractivity (Wildman–Crippen MR) is 56.8 cm³/mol. The lowest BCUT2D eigenvalue weighted by atomic mass is 10.2. The smallest absolute Gasteiger partial charge is 0.0631 e. The first kappa shape index (κ1) is 12.1. The van der Waals surface area contributed by atoms with Crippen molar-refractivity contribution in [2.45, 2.75) is 47.0 Å². The zero-order valence-corrected chi connectivity index (χ0v) is 9.17. The van der Waals surface area contributed by atoms with Crippen LogP contribution in [0.3, 0.4) is 0 Å². The van der Waals surface area contributed by atoms with Gasteiger partial charge in [0, 0.05) is 0 Å². The second kappa shape index (κ2) is 7.71. The number of nitrogens with zero attached hydrogens (tertiary/aromatic N) is 2. The molecule has 0 aliphatic carbocycles. The predicted octanol–water partition coefficient (Wildman–Crippen LogP) is 3.02. The molecule has 13 heavy (non-hydrogen) atoms. The van der Waals surface area contributed by atoms with Crippen LogP contribution in [0.5, 0.6) is 0 Å². The molecule has 0 aromatic carbocycles. The van der Waals surface area contributed by atoms with Crippen molar-refractivity contribution < 1.29 is 0 Å². The molecule has 0 saturated heterocycles. The first-order chi connectivity index (χ1) is 6.28. The molecule has 1 aromatic rings. The second-order valence-corrected chi connectivity index (χ2v) is 2.97. The minimum absolute atomic E-state index is 0.973. The van der Waals surface area contributed by atoms with Crippen molar-refractivity contribution in [1.29, 1.82) is 0 Å². The minimum atomic E-state index is 0.973. The summed E-state index contributed by atoms with van der Waals surface area (Å²) >= 11 is 0. The highest BCUT2D eigenvalue weighted by Crippen LogP contribution is 1.99. The third-order valence-electron chi connectivity index (χ3n) is 1.53. The van der Waals surface area contributed by atoms with E-state index in [9.17, 15) is 0 Å². The number of hydrogen-bond acceptors (Lipinski definition) is 2. The van der Waals surface area contributed by atoms with E-state index in [1.54, 1.807) is 0 Å². The molecular weight excluding hydrogens is 160 g/mol. The van der Waals surface area contributed by atoms with Gasteiger partial charge in [0.15, 0.2) is 0 Å². The molecule has 0 unspecified atom stereocenters. The number of aryl methyl sites for hydroxylation is 2. The van der Waals surface area contributed by atoms with Crippen LogP contribution in [0.15, 0.2) is 12.3 Å². The fourth-order valence-corrected chi connectivity index (χ4v) is 0.823. The summed E-state index contributed by atoms with van der Waals surface area (Å²) in [5, 5.41) is 7.83. The van der Waals surface area contributed by atoms with Crippen LogP contribution in [0, 0.1) is 0 Å². The Bertz CT molecular complexity index is 202. The standard InChI is InChI=1S/C8H12N2.C3H8/c1-3-7-5-8(4-2)10-9-6-7;1-3-2/h5-6H,3-4H2,1-2H3;3H2,1-2H3. The summed E-state index contributed by atoms with van der Waals surface area (Å²) in [5.74, 6) is 0. The molecule has 1 rings (SSSR count). The maximum atomic E-state index is 3.96. The molecule has 0 radical (unpaired) electrons. The first-order valence-electron chi connectivity index (χ1n) is 5.08. The summed E-state index contributed by atoms with van der Waals surface area (Å²) in [4.78, 5) is 0. The van der Waals surface area contributed by atoms with Gasteiger partial charge in [-0.3, -0.25) is 0 Å². The van der Waals surface area contributed by atoms with E-state index < -0.39 is 0 Å². The third-order valence-corrected chi connectivity index (χ3v) is 1.53. The highest BCUT2D eigenvalue weighted by atomic mass is 15.1. The average Bonchev–Trinajstić information content (AvgIpc) is 2.19. The molecule has 0 saturated carbocycles. The van der Waals surface area contributed by atoms with Crippen LogP contribution in [0.2, 0.25) is 0 Å². The molecule has 0 aliphatic rings. The van der Waals surface area contributed by atoms with E-state index in [2.05, 4.69) is 44.0 Å². The lowest BCUT2D eigenvalue weighted by Crippen LogP contribution is -1.92. The maximum Gasteiger partial charge on any atom is 0.0631 e. The molecule has 0 aliphatic heterocycles. The van der Waals surface area contributed by atoms with E-state index in [0.29, 0.717) is 0 Å². The van der Waals surface area contributed by atoms with Crippen LogP contribution in [0.4, 0.5) is 0 Å². The molecule has 1 heterocycles. The van der Waals surface area contributed by atoms with Crippen LogP contribution < -0.4 is 0 Å². The van der Waals surface area contributed by atoms with Gasteiger partial charge in [-0.25, -0.2) is 0 Å². The summed E-state index contributed by atoms with van der Waals surface area (Å²) in [6.07, 6.45) is 5.09. The van der Waals surface area contributed by atoms with Crippen molar-refractivity contribution >= 4 is 0 Å². The molecular formula is C11H20N2. The van der Waals surface area contributed by atoms with E-state index in [0.717, 1.165) is 18.5 Å². The Morgan fingerprint density at radius 3 is 2.15 bits per heavy atom. The van der Waals surface area contributed by atoms with Gasteiger partial charge >= 0.3 is 0 Å². The van der Waals surface area contributed by atoms with E-state index >= 15 is 0 Å². The van der Waals surface area contributed by atoms with Gasteiger partial charge in [0.25, 0.3) is 0 Å². The van der Waals surface area contributed by atoms with Crippen LogP contribution in [0.1, 0.15) is 45.4 Å². The largest absolute Gasteiger partial charge is 0.159 e. The molecule has 0 N–H and O–H groups in total. The zero-order valence-electron chi connectivity index (χ0n) is 9.17. The maximum absolute atomic E-state index is 3.96. The van der Waals surface area contributed by atoms with E-state index in [1.165, 1.54) is 12.0 Å². The highest BCUT2D eigenvalue weighted by molar-refractivity contribution is 5.11. The van der Waals surface area contributed by atoms with Gasteiger partial charge in [-0.1, -0.05) is 34.1 Å². The van der Waals surface area contributed by atoms with E-state index in [4.69, 9.17) is 0 Å². The van der Waals surface area contributed by atoms with Gasteiger partial charge in [-0.2, -0.15) is 10.2 Å². The molecule has 2 heteroatoms. The van der Waals surface area contributed by atoms with Crippen molar-refractivity contribution in [1.82, 2.24) is 10.2 Å². The van der Waals surface area contributed by atoms with Gasteiger partial charge in [0.1, 0.15) is 0 Å². The van der Waals surface area contributed by atoms with Gasteiger partial charge in [-0.05, 0) is 24.5 Å². The van der Waals surface area contributed by atoms with Crippen molar-refractivity contribution in [3.05, 3.63) is 23.5 Å². The van der Waals surface area contributed by atoms with Crippen LogP contribution in [0.25, 0.3) is 0 Å². The SMILES string of the molecule is CCC.CCc1cnnc(CC)c1. The Morgan fingerprint density at radius 2 is 1.69 bits per heavy atom. The zero-order chi connectivity index (χ0) is 10.1. The molecule has 74 valence electrons. The lowest BCUT2D eigenvalue weighted by Gasteiger charge is -1.96. The highest BCUT2D eigenvalue weighted by Gasteiger charge is 1.92. The molecule has 0 bridgehead atoms. The van der Waals surface area contributed by atoms with E-state index in [-0.39, 0.29) is 0 Å². The van der Waals surface area contributed by atoms with Gasteiger partial charge in [0.2, 0.25) is 0 Å². The molecule has 0 atom stereocenters. The van der Waals surface area contributed by atoms with E-state index in [1.807, 2.05) is 6.20 Å². The summed E-state index contributed by atoms with van der Waals surface area (Å²) in [6, 6.07) is 2.10. The Balaban J connectivity index is 0.000000424.